The molecule has 23 heavy (non-hydrogen) atoms. The number of aromatic nitrogens is 2. The van der Waals surface area contributed by atoms with E-state index in [9.17, 15) is 4.79 Å². The lowest BCUT2D eigenvalue weighted by atomic mass is 10.2. The van der Waals surface area contributed by atoms with Crippen molar-refractivity contribution in [3.8, 4) is 5.88 Å². The highest BCUT2D eigenvalue weighted by atomic mass is 32.1. The van der Waals surface area contributed by atoms with Crippen molar-refractivity contribution in [3.63, 3.8) is 0 Å². The number of methoxy groups -OCH3 is 2. The number of fused-ring (bicyclic) bond motifs is 1. The van der Waals surface area contributed by atoms with Crippen LogP contribution in [0.25, 0.3) is 10.2 Å². The van der Waals surface area contributed by atoms with Crippen LogP contribution in [-0.4, -0.2) is 49.7 Å². The molecule has 1 amide bonds. The van der Waals surface area contributed by atoms with E-state index in [0.717, 1.165) is 15.8 Å². The van der Waals surface area contributed by atoms with Gasteiger partial charge < -0.3 is 20.1 Å². The Kier molecular flexibility index (Phi) is 5.86. The second-order valence-electron chi connectivity index (χ2n) is 5.22. The summed E-state index contributed by atoms with van der Waals surface area (Å²) in [5, 5.41) is 6.79. The number of rotatable bonds is 7. The Morgan fingerprint density at radius 1 is 1.35 bits per heavy atom. The number of hydrogen-bond donors (Lipinski definition) is 2. The van der Waals surface area contributed by atoms with E-state index >= 15 is 0 Å². The van der Waals surface area contributed by atoms with Gasteiger partial charge in [0.2, 0.25) is 5.88 Å². The highest BCUT2D eigenvalue weighted by molar-refractivity contribution is 7.20. The lowest BCUT2D eigenvalue weighted by Crippen LogP contribution is -2.37. The molecule has 0 saturated carbocycles. The predicted octanol–water partition coefficient (Wildman–Crippen LogP) is 1.49. The summed E-state index contributed by atoms with van der Waals surface area (Å²) in [6, 6.07) is 0.205. The van der Waals surface area contributed by atoms with Crippen LogP contribution in [0.5, 0.6) is 5.88 Å². The Bertz CT molecular complexity index is 702. The molecule has 2 N–H and O–H groups in total. The molecule has 7 nitrogen and oxygen atoms in total. The van der Waals surface area contributed by atoms with Crippen LogP contribution in [-0.2, 0) is 11.3 Å². The van der Waals surface area contributed by atoms with E-state index in [2.05, 4.69) is 20.6 Å². The monoisotopic (exact) mass is 338 g/mol. The van der Waals surface area contributed by atoms with Gasteiger partial charge in [0.1, 0.15) is 11.4 Å². The number of carbonyl (C=O) groups excluding carboxylic acids is 1. The number of nitrogens with zero attached hydrogens (tertiary/aromatic N) is 2. The Balaban J connectivity index is 2.38. The average Bonchev–Trinajstić information content (AvgIpc) is 2.88. The number of hydrogen-bond acceptors (Lipinski definition) is 7. The normalized spacial score (nSPS) is 12.4. The zero-order valence-electron chi connectivity index (χ0n) is 14.0. The molecule has 0 aliphatic heterocycles. The molecule has 0 spiro atoms. The number of likely N-dealkylation sites (N-methyl/N-ethyl adjacent to an activating group) is 1. The van der Waals surface area contributed by atoms with Crippen molar-refractivity contribution < 1.29 is 14.3 Å². The van der Waals surface area contributed by atoms with E-state index in [0.29, 0.717) is 29.7 Å². The van der Waals surface area contributed by atoms with Gasteiger partial charge >= 0.3 is 0 Å². The van der Waals surface area contributed by atoms with Crippen LogP contribution in [0.15, 0.2) is 0 Å². The van der Waals surface area contributed by atoms with Crippen LogP contribution in [0.4, 0.5) is 0 Å². The molecule has 0 radical (unpaired) electrons. The smallest absolute Gasteiger partial charge is 0.261 e. The largest absolute Gasteiger partial charge is 0.480 e. The Morgan fingerprint density at radius 3 is 2.70 bits per heavy atom. The summed E-state index contributed by atoms with van der Waals surface area (Å²) >= 11 is 1.34. The van der Waals surface area contributed by atoms with Crippen molar-refractivity contribution in [1.82, 2.24) is 20.6 Å². The lowest BCUT2D eigenvalue weighted by Gasteiger charge is -2.10. The molecule has 2 heterocycles. The molecule has 126 valence electrons. The number of amides is 1. The van der Waals surface area contributed by atoms with Gasteiger partial charge in [0.25, 0.3) is 5.91 Å². The first-order chi connectivity index (χ1) is 11.0. The molecule has 0 aliphatic carbocycles. The zero-order chi connectivity index (χ0) is 17.0. The van der Waals surface area contributed by atoms with Gasteiger partial charge in [-0.1, -0.05) is 0 Å². The molecule has 0 aromatic carbocycles. The van der Waals surface area contributed by atoms with Crippen LogP contribution in [0.1, 0.15) is 28.0 Å². The Morgan fingerprint density at radius 2 is 2.09 bits per heavy atom. The highest BCUT2D eigenvalue weighted by Crippen LogP contribution is 2.34. The van der Waals surface area contributed by atoms with Crippen LogP contribution < -0.4 is 15.4 Å². The standard InChI is InChI=1S/C15H22N4O3S/c1-8(16-3)6-17-13(20)12-9(2)11-14(22-5)18-10(7-21-4)19-15(11)23-12/h8,16H,6-7H2,1-5H3,(H,17,20). The fraction of sp³-hybridized carbons (Fsp3) is 0.533. The van der Waals surface area contributed by atoms with Gasteiger partial charge in [-0.2, -0.15) is 4.98 Å². The van der Waals surface area contributed by atoms with Crippen molar-refractivity contribution in [1.29, 1.82) is 0 Å². The number of carbonyl (C=O) groups is 1. The van der Waals surface area contributed by atoms with Gasteiger partial charge in [0.05, 0.1) is 17.4 Å². The van der Waals surface area contributed by atoms with Crippen molar-refractivity contribution >= 4 is 27.5 Å². The minimum atomic E-state index is -0.108. The van der Waals surface area contributed by atoms with Gasteiger partial charge in [-0.3, -0.25) is 4.79 Å². The first kappa shape index (κ1) is 17.6. The van der Waals surface area contributed by atoms with E-state index in [1.54, 1.807) is 14.2 Å². The van der Waals surface area contributed by atoms with Crippen molar-refractivity contribution in [3.05, 3.63) is 16.3 Å². The molecule has 8 heteroatoms. The van der Waals surface area contributed by atoms with E-state index in [4.69, 9.17) is 9.47 Å². The zero-order valence-corrected chi connectivity index (χ0v) is 14.8. The van der Waals surface area contributed by atoms with Crippen molar-refractivity contribution in [2.24, 2.45) is 0 Å². The SMILES string of the molecule is CNC(C)CNC(=O)c1sc2nc(COC)nc(OC)c2c1C. The second-order valence-corrected chi connectivity index (χ2v) is 6.22. The summed E-state index contributed by atoms with van der Waals surface area (Å²) in [5.41, 5.74) is 0.834. The molecule has 0 bridgehead atoms. The highest BCUT2D eigenvalue weighted by Gasteiger charge is 2.21. The first-order valence-corrected chi connectivity index (χ1v) is 8.11. The number of ether oxygens (including phenoxy) is 2. The Labute approximate surface area is 139 Å². The third-order valence-corrected chi connectivity index (χ3v) is 4.72. The third kappa shape index (κ3) is 3.77. The number of nitrogens with one attached hydrogen (secondary N) is 2. The average molecular weight is 338 g/mol. The maximum absolute atomic E-state index is 12.4. The van der Waals surface area contributed by atoms with Crippen molar-refractivity contribution in [2.75, 3.05) is 27.8 Å². The minimum absolute atomic E-state index is 0.108. The quantitative estimate of drug-likeness (QED) is 0.796. The molecule has 1 atom stereocenters. The summed E-state index contributed by atoms with van der Waals surface area (Å²) in [5.74, 6) is 0.898. The summed E-state index contributed by atoms with van der Waals surface area (Å²) in [6.07, 6.45) is 0. The molecule has 0 aliphatic rings. The van der Waals surface area contributed by atoms with Crippen LogP contribution in [0, 0.1) is 6.92 Å². The van der Waals surface area contributed by atoms with Crippen LogP contribution in [0.3, 0.4) is 0 Å². The van der Waals surface area contributed by atoms with Crippen molar-refractivity contribution in [2.45, 2.75) is 26.5 Å². The molecule has 2 aromatic rings. The summed E-state index contributed by atoms with van der Waals surface area (Å²) < 4.78 is 10.4. The summed E-state index contributed by atoms with van der Waals surface area (Å²) in [4.78, 5) is 22.6. The molecule has 2 rings (SSSR count). The predicted molar refractivity (Wildman–Crippen MR) is 90.3 cm³/mol. The van der Waals surface area contributed by atoms with Gasteiger partial charge in [0, 0.05) is 19.7 Å². The Hall–Kier alpha value is -1.77. The maximum atomic E-state index is 12.4. The molecule has 0 saturated heterocycles. The van der Waals surface area contributed by atoms with E-state index < -0.39 is 0 Å². The van der Waals surface area contributed by atoms with Gasteiger partial charge in [0.15, 0.2) is 5.82 Å². The number of aryl methyl sites for hydroxylation is 1. The molecule has 2 aromatic heterocycles. The lowest BCUT2D eigenvalue weighted by molar-refractivity contribution is 0.0954. The van der Waals surface area contributed by atoms with E-state index in [-0.39, 0.29) is 11.9 Å². The fourth-order valence-electron chi connectivity index (χ4n) is 2.13. The van der Waals surface area contributed by atoms with E-state index in [1.807, 2.05) is 20.9 Å². The summed E-state index contributed by atoms with van der Waals surface area (Å²) in [6.45, 7) is 4.74. The molecule has 0 fully saturated rings. The number of thiophene rings is 1. The van der Waals surface area contributed by atoms with Gasteiger partial charge in [-0.25, -0.2) is 4.98 Å². The third-order valence-electron chi connectivity index (χ3n) is 3.54. The van der Waals surface area contributed by atoms with Gasteiger partial charge in [-0.15, -0.1) is 11.3 Å². The fourth-order valence-corrected chi connectivity index (χ4v) is 3.24. The maximum Gasteiger partial charge on any atom is 0.261 e. The van der Waals surface area contributed by atoms with Gasteiger partial charge in [-0.05, 0) is 26.5 Å². The first-order valence-electron chi connectivity index (χ1n) is 7.30. The molecule has 1 unspecified atom stereocenters. The van der Waals surface area contributed by atoms with E-state index in [1.165, 1.54) is 11.3 Å². The summed E-state index contributed by atoms with van der Waals surface area (Å²) in [7, 11) is 5.00. The second kappa shape index (κ2) is 7.67. The molecular formula is C15H22N4O3S. The minimum Gasteiger partial charge on any atom is -0.480 e. The topological polar surface area (TPSA) is 85.4 Å². The van der Waals surface area contributed by atoms with Crippen LogP contribution in [0.2, 0.25) is 0 Å². The van der Waals surface area contributed by atoms with Crippen LogP contribution >= 0.6 is 11.3 Å². The molecular weight excluding hydrogens is 316 g/mol.